The van der Waals surface area contributed by atoms with E-state index >= 15 is 0 Å². The van der Waals surface area contributed by atoms with Crippen LogP contribution in [0.1, 0.15) is 16.8 Å². The van der Waals surface area contributed by atoms with E-state index in [4.69, 9.17) is 39.5 Å². The van der Waals surface area contributed by atoms with Gasteiger partial charge in [0.1, 0.15) is 18.1 Å². The summed E-state index contributed by atoms with van der Waals surface area (Å²) in [5.74, 6) is 0.967. The molecular weight excluding hydrogens is 475 g/mol. The third-order valence-corrected chi connectivity index (χ3v) is 6.22. The maximum atomic E-state index is 10.3. The Hall–Kier alpha value is -2.52. The molecule has 168 valence electrons. The van der Waals surface area contributed by atoms with E-state index in [9.17, 15) is 5.11 Å². The van der Waals surface area contributed by atoms with Crippen molar-refractivity contribution in [2.75, 3.05) is 12.1 Å². The van der Waals surface area contributed by atoms with Gasteiger partial charge in [-0.1, -0.05) is 29.3 Å². The maximum Gasteiger partial charge on any atom is 0.245 e. The van der Waals surface area contributed by atoms with E-state index in [2.05, 4.69) is 15.5 Å². The lowest BCUT2D eigenvalue weighted by Crippen LogP contribution is -2.36. The predicted molar refractivity (Wildman–Crippen MR) is 125 cm³/mol. The normalized spacial score (nSPS) is 15.7. The molecule has 0 fully saturated rings. The standard InChI is InChI=1S/C21H21Cl3N6O2/c1-12-9-13(20-19(24)17(10-22)28(2)25-20)7-8-18(12)32-11-14-15(23)5-4-6-16(14)30-21(31)29(3)26-27-30/h4-9,21,31H,10-11H2,1-3H3. The number of aromatic nitrogens is 2. The van der Waals surface area contributed by atoms with Crippen molar-refractivity contribution in [2.45, 2.75) is 25.8 Å². The molecule has 0 aliphatic carbocycles. The number of rotatable bonds is 6. The highest BCUT2D eigenvalue weighted by molar-refractivity contribution is 6.34. The minimum atomic E-state index is -1.02. The number of aryl methyl sites for hydroxylation is 2. The Kier molecular flexibility index (Phi) is 6.48. The van der Waals surface area contributed by atoms with E-state index in [0.29, 0.717) is 32.7 Å². The van der Waals surface area contributed by atoms with E-state index < -0.39 is 6.35 Å². The highest BCUT2D eigenvalue weighted by Crippen LogP contribution is 2.35. The van der Waals surface area contributed by atoms with Crippen LogP contribution in [0.5, 0.6) is 5.75 Å². The van der Waals surface area contributed by atoms with Crippen molar-refractivity contribution in [3.63, 3.8) is 0 Å². The molecule has 8 nitrogen and oxygen atoms in total. The Morgan fingerprint density at radius 1 is 1.12 bits per heavy atom. The zero-order valence-corrected chi connectivity index (χ0v) is 19.9. The second-order valence-electron chi connectivity index (χ2n) is 7.32. The summed E-state index contributed by atoms with van der Waals surface area (Å²) < 4.78 is 7.76. The summed E-state index contributed by atoms with van der Waals surface area (Å²) in [5, 5.41) is 26.4. The maximum absolute atomic E-state index is 10.3. The highest BCUT2D eigenvalue weighted by Gasteiger charge is 2.28. The van der Waals surface area contributed by atoms with Gasteiger partial charge in [-0.05, 0) is 53.3 Å². The number of ether oxygens (including phenoxy) is 1. The van der Waals surface area contributed by atoms with Crippen LogP contribution in [0.25, 0.3) is 11.3 Å². The van der Waals surface area contributed by atoms with Gasteiger partial charge < -0.3 is 9.84 Å². The number of halogens is 3. The minimum Gasteiger partial charge on any atom is -0.488 e. The monoisotopic (exact) mass is 494 g/mol. The van der Waals surface area contributed by atoms with Gasteiger partial charge in [-0.15, -0.1) is 11.6 Å². The first-order valence-corrected chi connectivity index (χ1v) is 11.0. The number of hydrogen-bond donors (Lipinski definition) is 1. The Morgan fingerprint density at radius 3 is 2.53 bits per heavy atom. The average molecular weight is 496 g/mol. The van der Waals surface area contributed by atoms with Crippen LogP contribution in [0.2, 0.25) is 10.0 Å². The zero-order valence-electron chi connectivity index (χ0n) is 17.6. The average Bonchev–Trinajstić information content (AvgIpc) is 3.25. The fourth-order valence-electron chi connectivity index (χ4n) is 3.41. The molecule has 2 aromatic carbocycles. The van der Waals surface area contributed by atoms with E-state index in [1.807, 2.05) is 32.2 Å². The Balaban J connectivity index is 1.58. The summed E-state index contributed by atoms with van der Waals surface area (Å²) >= 11 is 18.9. The molecule has 0 saturated carbocycles. The van der Waals surface area contributed by atoms with E-state index in [-0.39, 0.29) is 12.5 Å². The summed E-state index contributed by atoms with van der Waals surface area (Å²) in [5.41, 5.74) is 4.51. The van der Waals surface area contributed by atoms with Crippen molar-refractivity contribution in [1.82, 2.24) is 14.8 Å². The molecule has 3 aromatic rings. The predicted octanol–water partition coefficient (Wildman–Crippen LogP) is 5.33. The third kappa shape index (κ3) is 4.11. The van der Waals surface area contributed by atoms with E-state index in [1.54, 1.807) is 29.9 Å². The van der Waals surface area contributed by atoms with E-state index in [1.165, 1.54) is 10.0 Å². The van der Waals surface area contributed by atoms with Gasteiger partial charge in [0, 0.05) is 30.2 Å². The van der Waals surface area contributed by atoms with Gasteiger partial charge in [0.2, 0.25) is 6.35 Å². The number of anilines is 1. The lowest BCUT2D eigenvalue weighted by atomic mass is 10.1. The topological polar surface area (TPSA) is 78.5 Å². The fraction of sp³-hybridized carbons (Fsp3) is 0.286. The second-order valence-corrected chi connectivity index (χ2v) is 8.37. The molecule has 0 amide bonds. The van der Waals surface area contributed by atoms with Crippen molar-refractivity contribution < 1.29 is 9.84 Å². The van der Waals surface area contributed by atoms with Gasteiger partial charge >= 0.3 is 0 Å². The van der Waals surface area contributed by atoms with Crippen molar-refractivity contribution in [3.05, 3.63) is 63.3 Å². The molecule has 0 radical (unpaired) electrons. The number of nitrogens with zero attached hydrogens (tertiary/aromatic N) is 6. The molecule has 1 aliphatic rings. The first-order chi connectivity index (χ1) is 15.3. The molecule has 0 saturated heterocycles. The van der Waals surface area contributed by atoms with Gasteiger partial charge in [-0.3, -0.25) is 4.68 Å². The molecule has 0 spiro atoms. The first-order valence-electron chi connectivity index (χ1n) is 9.72. The smallest absolute Gasteiger partial charge is 0.245 e. The number of aliphatic hydroxyl groups is 1. The van der Waals surface area contributed by atoms with Gasteiger partial charge in [0.15, 0.2) is 0 Å². The third-order valence-electron chi connectivity index (χ3n) is 5.22. The molecule has 4 rings (SSSR count). The molecule has 1 aromatic heterocycles. The Morgan fingerprint density at radius 2 is 1.91 bits per heavy atom. The van der Waals surface area contributed by atoms with Crippen LogP contribution in [0.4, 0.5) is 5.69 Å². The molecule has 1 N–H and O–H groups in total. The molecule has 0 bridgehead atoms. The summed E-state index contributed by atoms with van der Waals surface area (Å²) in [7, 11) is 3.44. The highest BCUT2D eigenvalue weighted by atomic mass is 35.5. The molecule has 1 aliphatic heterocycles. The van der Waals surface area contributed by atoms with Crippen molar-refractivity contribution in [1.29, 1.82) is 0 Å². The summed E-state index contributed by atoms with van der Waals surface area (Å²) in [4.78, 5) is 0. The molecule has 2 heterocycles. The first kappa shape index (κ1) is 22.7. The van der Waals surface area contributed by atoms with Gasteiger partial charge in [0.05, 0.1) is 22.3 Å². The number of alkyl halides is 1. The summed E-state index contributed by atoms with van der Waals surface area (Å²) in [6, 6.07) is 11.1. The van der Waals surface area contributed by atoms with Gasteiger partial charge in [-0.2, -0.15) is 10.1 Å². The van der Waals surface area contributed by atoms with Crippen LogP contribution < -0.4 is 9.75 Å². The number of benzene rings is 2. The van der Waals surface area contributed by atoms with Crippen LogP contribution in [0.3, 0.4) is 0 Å². The van der Waals surface area contributed by atoms with E-state index in [0.717, 1.165) is 16.8 Å². The second kappa shape index (κ2) is 9.15. The molecular formula is C21H21Cl3N6O2. The van der Waals surface area contributed by atoms with Crippen LogP contribution >= 0.6 is 34.8 Å². The van der Waals surface area contributed by atoms with Crippen LogP contribution in [-0.4, -0.2) is 33.3 Å². The minimum absolute atomic E-state index is 0.179. The quantitative estimate of drug-likeness (QED) is 0.468. The van der Waals surface area contributed by atoms with Crippen molar-refractivity contribution >= 4 is 40.5 Å². The molecule has 11 heteroatoms. The summed E-state index contributed by atoms with van der Waals surface area (Å²) in [6.45, 7) is 2.12. The lowest BCUT2D eigenvalue weighted by Gasteiger charge is -2.23. The van der Waals surface area contributed by atoms with Crippen LogP contribution in [0.15, 0.2) is 46.8 Å². The Bertz CT molecular complexity index is 1180. The molecule has 1 atom stereocenters. The lowest BCUT2D eigenvalue weighted by molar-refractivity contribution is 0.0456. The molecule has 1 unspecified atom stereocenters. The van der Waals surface area contributed by atoms with Crippen molar-refractivity contribution in [2.24, 2.45) is 17.5 Å². The largest absolute Gasteiger partial charge is 0.488 e. The summed E-state index contributed by atoms with van der Waals surface area (Å²) in [6.07, 6.45) is -1.02. The molecule has 32 heavy (non-hydrogen) atoms. The fourth-order valence-corrected chi connectivity index (χ4v) is 4.34. The zero-order chi connectivity index (χ0) is 23.0. The number of aliphatic hydroxyl groups excluding tert-OH is 1. The van der Waals surface area contributed by atoms with Crippen molar-refractivity contribution in [3.8, 4) is 17.0 Å². The Labute approximate surface area is 200 Å². The van der Waals surface area contributed by atoms with Gasteiger partial charge in [0.25, 0.3) is 0 Å². The van der Waals surface area contributed by atoms with Gasteiger partial charge in [-0.25, -0.2) is 5.01 Å². The SMILES string of the molecule is Cc1cc(-c2nn(C)c(CCl)c2Cl)ccc1OCc1c(Cl)cccc1N1N=NN(C)C1O. The number of hydrogen-bond acceptors (Lipinski definition) is 7. The van der Waals surface area contributed by atoms with Crippen LogP contribution in [-0.2, 0) is 19.5 Å². The van der Waals surface area contributed by atoms with Crippen LogP contribution in [0, 0.1) is 6.92 Å².